The smallest absolute Gasteiger partial charge is 0.331 e. The number of carbonyl (C=O) groups is 1. The number of cyclic esters (lactones) is 1. The summed E-state index contributed by atoms with van der Waals surface area (Å²) in [5, 5.41) is 22.3. The van der Waals surface area contributed by atoms with E-state index in [1.165, 1.54) is 6.42 Å². The average Bonchev–Trinajstić information content (AvgIpc) is 3.16. The van der Waals surface area contributed by atoms with E-state index in [-0.39, 0.29) is 28.8 Å². The van der Waals surface area contributed by atoms with Gasteiger partial charge in [0.25, 0.3) is 0 Å². The van der Waals surface area contributed by atoms with Gasteiger partial charge in [-0.25, -0.2) is 4.79 Å². The van der Waals surface area contributed by atoms with E-state index in [1.807, 2.05) is 0 Å². The number of hydrogen-bond acceptors (Lipinski definition) is 4. The highest BCUT2D eigenvalue weighted by Crippen LogP contribution is 2.69. The topological polar surface area (TPSA) is 66.8 Å². The fourth-order valence-electron chi connectivity index (χ4n) is 8.39. The molecule has 4 fully saturated rings. The minimum atomic E-state index is -0.628. The molecule has 150 valence electrons. The Balaban J connectivity index is 1.47. The molecule has 0 radical (unpaired) electrons. The van der Waals surface area contributed by atoms with Crippen LogP contribution in [0, 0.1) is 34.5 Å². The van der Waals surface area contributed by atoms with Gasteiger partial charge in [-0.2, -0.15) is 0 Å². The van der Waals surface area contributed by atoms with Crippen LogP contribution in [0.15, 0.2) is 11.6 Å². The van der Waals surface area contributed by atoms with Crippen LogP contribution in [-0.2, 0) is 9.53 Å². The van der Waals surface area contributed by atoms with Crippen LogP contribution in [0.4, 0.5) is 0 Å². The SMILES string of the molecule is CC12CC[C@H](O)C[C@@H]1CC[C@@H]1C2CCC2(C)[C@@H](C3=CC(=O)OC3)CC[C@]12O. The monoisotopic (exact) mass is 374 g/mol. The van der Waals surface area contributed by atoms with Crippen LogP contribution >= 0.6 is 0 Å². The number of fused-ring (bicyclic) bond motifs is 5. The number of esters is 1. The second-order valence-electron chi connectivity index (χ2n) is 10.7. The van der Waals surface area contributed by atoms with Crippen LogP contribution < -0.4 is 0 Å². The first-order valence-electron chi connectivity index (χ1n) is 11.1. The van der Waals surface area contributed by atoms with Gasteiger partial charge in [-0.1, -0.05) is 13.8 Å². The number of rotatable bonds is 1. The Morgan fingerprint density at radius 2 is 1.85 bits per heavy atom. The van der Waals surface area contributed by atoms with Crippen LogP contribution in [0.2, 0.25) is 0 Å². The number of hydrogen-bond donors (Lipinski definition) is 2. The third-order valence-electron chi connectivity index (χ3n) is 9.96. The Hall–Kier alpha value is -0.870. The zero-order valence-corrected chi connectivity index (χ0v) is 16.7. The average molecular weight is 375 g/mol. The molecule has 4 nitrogen and oxygen atoms in total. The van der Waals surface area contributed by atoms with Crippen molar-refractivity contribution in [1.82, 2.24) is 0 Å². The highest BCUT2D eigenvalue weighted by Gasteiger charge is 2.67. The Morgan fingerprint density at radius 3 is 2.59 bits per heavy atom. The fourth-order valence-corrected chi connectivity index (χ4v) is 8.39. The van der Waals surface area contributed by atoms with Gasteiger partial charge in [-0.3, -0.25) is 0 Å². The van der Waals surface area contributed by atoms with Crippen molar-refractivity contribution in [3.05, 3.63) is 11.6 Å². The second-order valence-corrected chi connectivity index (χ2v) is 10.7. The molecule has 0 amide bonds. The van der Waals surface area contributed by atoms with Crippen LogP contribution in [0.25, 0.3) is 0 Å². The molecule has 0 saturated heterocycles. The summed E-state index contributed by atoms with van der Waals surface area (Å²) in [7, 11) is 0. The lowest BCUT2D eigenvalue weighted by Gasteiger charge is -2.63. The Bertz CT molecular complexity index is 686. The number of carbonyl (C=O) groups excluding carboxylic acids is 1. The summed E-state index contributed by atoms with van der Waals surface area (Å²) in [6, 6.07) is 0. The van der Waals surface area contributed by atoms with E-state index in [0.29, 0.717) is 24.4 Å². The van der Waals surface area contributed by atoms with E-state index >= 15 is 0 Å². The highest BCUT2D eigenvalue weighted by atomic mass is 16.5. The third kappa shape index (κ3) is 2.32. The van der Waals surface area contributed by atoms with Crippen LogP contribution in [0.3, 0.4) is 0 Å². The first-order valence-corrected chi connectivity index (χ1v) is 11.1. The van der Waals surface area contributed by atoms with Crippen LogP contribution in [0.1, 0.15) is 71.6 Å². The minimum absolute atomic E-state index is 0.126. The molecule has 4 saturated carbocycles. The number of aliphatic hydroxyl groups excluding tert-OH is 1. The third-order valence-corrected chi connectivity index (χ3v) is 9.96. The molecule has 2 N–H and O–H groups in total. The minimum Gasteiger partial charge on any atom is -0.458 e. The summed E-state index contributed by atoms with van der Waals surface area (Å²) >= 11 is 0. The molecule has 0 spiro atoms. The quantitative estimate of drug-likeness (QED) is 0.688. The van der Waals surface area contributed by atoms with E-state index in [1.54, 1.807) is 6.08 Å². The van der Waals surface area contributed by atoms with Gasteiger partial charge in [0.2, 0.25) is 0 Å². The summed E-state index contributed by atoms with van der Waals surface area (Å²) in [6.07, 6.45) is 10.8. The van der Waals surface area contributed by atoms with Crippen molar-refractivity contribution in [3.63, 3.8) is 0 Å². The lowest BCUT2D eigenvalue weighted by molar-refractivity contribution is -0.208. The molecular weight excluding hydrogens is 340 g/mol. The predicted molar refractivity (Wildman–Crippen MR) is 102 cm³/mol. The molecule has 1 heterocycles. The molecule has 4 heteroatoms. The van der Waals surface area contributed by atoms with Crippen molar-refractivity contribution in [2.24, 2.45) is 34.5 Å². The zero-order valence-electron chi connectivity index (χ0n) is 16.7. The maximum Gasteiger partial charge on any atom is 0.331 e. The molecule has 27 heavy (non-hydrogen) atoms. The normalized spacial score (nSPS) is 54.6. The van der Waals surface area contributed by atoms with Crippen LogP contribution in [0.5, 0.6) is 0 Å². The first kappa shape index (κ1) is 18.2. The molecule has 0 aromatic rings. The van der Waals surface area contributed by atoms with Gasteiger partial charge in [-0.15, -0.1) is 0 Å². The second kappa shape index (κ2) is 5.82. The molecular formula is C23H34O4. The summed E-state index contributed by atoms with van der Waals surface area (Å²) < 4.78 is 5.20. The van der Waals surface area contributed by atoms with E-state index < -0.39 is 5.60 Å². The molecule has 5 rings (SSSR count). The molecule has 8 atom stereocenters. The molecule has 5 aliphatic rings. The lowest BCUT2D eigenvalue weighted by Crippen LogP contribution is -2.62. The van der Waals surface area contributed by atoms with Gasteiger partial charge >= 0.3 is 5.97 Å². The Kier molecular flexibility index (Phi) is 3.92. The maximum atomic E-state index is 12.1. The van der Waals surface area contributed by atoms with Gasteiger partial charge < -0.3 is 14.9 Å². The van der Waals surface area contributed by atoms with E-state index in [2.05, 4.69) is 13.8 Å². The van der Waals surface area contributed by atoms with Gasteiger partial charge in [0.1, 0.15) is 6.61 Å². The number of aliphatic hydroxyl groups is 2. The van der Waals surface area contributed by atoms with Crippen molar-refractivity contribution < 1.29 is 19.7 Å². The van der Waals surface area contributed by atoms with Gasteiger partial charge in [0.05, 0.1) is 11.7 Å². The standard InChI is InChI=1S/C23H34O4/c1-21-8-5-16(24)12-15(21)3-4-19-18(21)6-9-22(2)17(7-10-23(19,22)26)14-11-20(25)27-13-14/h11,15-19,24,26H,3-10,12-13H2,1-2H3/t15-,16-,17+,18?,19+,21?,22?,23-/m0/s1. The molecule has 1 aliphatic heterocycles. The summed E-state index contributed by atoms with van der Waals surface area (Å²) in [6.45, 7) is 5.15. The molecule has 0 aromatic carbocycles. The van der Waals surface area contributed by atoms with E-state index in [4.69, 9.17) is 4.74 Å². The van der Waals surface area contributed by atoms with Crippen molar-refractivity contribution in [1.29, 1.82) is 0 Å². The van der Waals surface area contributed by atoms with Crippen molar-refractivity contribution in [2.75, 3.05) is 6.61 Å². The maximum absolute atomic E-state index is 12.1. The first-order chi connectivity index (χ1) is 12.8. The molecule has 4 aliphatic carbocycles. The number of ether oxygens (including phenoxy) is 1. The highest BCUT2D eigenvalue weighted by molar-refractivity contribution is 5.85. The Morgan fingerprint density at radius 1 is 1.04 bits per heavy atom. The molecule has 0 bridgehead atoms. The van der Waals surface area contributed by atoms with Crippen molar-refractivity contribution in [3.8, 4) is 0 Å². The van der Waals surface area contributed by atoms with E-state index in [0.717, 1.165) is 56.9 Å². The van der Waals surface area contributed by atoms with Gasteiger partial charge in [-0.05, 0) is 92.4 Å². The van der Waals surface area contributed by atoms with Crippen LogP contribution in [-0.4, -0.2) is 34.5 Å². The van der Waals surface area contributed by atoms with Gasteiger partial charge in [0, 0.05) is 11.5 Å². The largest absolute Gasteiger partial charge is 0.458 e. The van der Waals surface area contributed by atoms with Crippen molar-refractivity contribution in [2.45, 2.75) is 83.3 Å². The van der Waals surface area contributed by atoms with E-state index in [9.17, 15) is 15.0 Å². The lowest BCUT2D eigenvalue weighted by atomic mass is 9.43. The zero-order chi connectivity index (χ0) is 19.0. The summed E-state index contributed by atoms with van der Waals surface area (Å²) in [5.74, 6) is 1.59. The fraction of sp³-hybridized carbons (Fsp3) is 0.870. The molecule has 0 aromatic heterocycles. The van der Waals surface area contributed by atoms with Gasteiger partial charge in [0.15, 0.2) is 0 Å². The summed E-state index contributed by atoms with van der Waals surface area (Å²) in [4.78, 5) is 11.6. The summed E-state index contributed by atoms with van der Waals surface area (Å²) in [5.41, 5.74) is 0.600. The predicted octanol–water partition coefficient (Wildman–Crippen LogP) is 3.60. The molecule has 3 unspecified atom stereocenters. The Labute approximate surface area is 162 Å². The van der Waals surface area contributed by atoms with Crippen molar-refractivity contribution >= 4 is 5.97 Å².